The monoisotopic (exact) mass is 214 g/mol. The number of rotatable bonds is 1. The summed E-state index contributed by atoms with van der Waals surface area (Å²) in [6, 6.07) is 9.51. The van der Waals surface area contributed by atoms with Gasteiger partial charge in [0.1, 0.15) is 12.0 Å². The van der Waals surface area contributed by atoms with Gasteiger partial charge in [0.05, 0.1) is 0 Å². The summed E-state index contributed by atoms with van der Waals surface area (Å²) < 4.78 is 4.75. The smallest absolute Gasteiger partial charge is 0.151 e. The van der Waals surface area contributed by atoms with E-state index in [-0.39, 0.29) is 0 Å². The van der Waals surface area contributed by atoms with E-state index >= 15 is 0 Å². The minimum absolute atomic E-state index is 0.686. The fourth-order valence-electron chi connectivity index (χ4n) is 1.85. The van der Waals surface area contributed by atoms with Crippen molar-refractivity contribution in [3.8, 4) is 0 Å². The molecule has 0 amide bonds. The first kappa shape index (κ1) is 9.18. The van der Waals surface area contributed by atoms with Crippen molar-refractivity contribution in [2.75, 3.05) is 5.32 Å². The predicted molar refractivity (Wildman–Crippen MR) is 60.4 cm³/mol. The molecule has 1 unspecified atom stereocenters. The average Bonchev–Trinajstić information content (AvgIpc) is 2.89. The number of fused-ring (bicyclic) bond motifs is 1. The van der Waals surface area contributed by atoms with Crippen molar-refractivity contribution in [3.05, 3.63) is 47.9 Å². The molecular formula is C12H10N2O2. The lowest BCUT2D eigenvalue weighted by Crippen LogP contribution is -2.12. The van der Waals surface area contributed by atoms with Gasteiger partial charge < -0.3 is 14.9 Å². The van der Waals surface area contributed by atoms with Gasteiger partial charge in [-0.2, -0.15) is 0 Å². The van der Waals surface area contributed by atoms with Crippen LogP contribution in [0, 0.1) is 0 Å². The Morgan fingerprint density at radius 1 is 1.31 bits per heavy atom. The van der Waals surface area contributed by atoms with Crippen LogP contribution in [0.15, 0.2) is 41.1 Å². The Morgan fingerprint density at radius 3 is 3.00 bits per heavy atom. The number of anilines is 1. The Balaban J connectivity index is 2.08. The van der Waals surface area contributed by atoms with Crippen LogP contribution in [-0.2, 0) is 0 Å². The SMILES string of the molecule is OC1Nc2ccccc2/C1=C/c1ccon1. The third-order valence-corrected chi connectivity index (χ3v) is 2.59. The summed E-state index contributed by atoms with van der Waals surface area (Å²) in [5, 5.41) is 16.7. The van der Waals surface area contributed by atoms with Crippen molar-refractivity contribution in [3.63, 3.8) is 0 Å². The Hall–Kier alpha value is -2.07. The van der Waals surface area contributed by atoms with Gasteiger partial charge in [-0.05, 0) is 12.1 Å². The summed E-state index contributed by atoms with van der Waals surface area (Å²) in [5.74, 6) is 0. The second-order valence-electron chi connectivity index (χ2n) is 3.62. The molecule has 80 valence electrons. The van der Waals surface area contributed by atoms with Gasteiger partial charge in [-0.15, -0.1) is 0 Å². The fourth-order valence-corrected chi connectivity index (χ4v) is 1.85. The Morgan fingerprint density at radius 2 is 2.19 bits per heavy atom. The van der Waals surface area contributed by atoms with Crippen molar-refractivity contribution in [1.29, 1.82) is 0 Å². The van der Waals surface area contributed by atoms with Crippen LogP contribution in [0.4, 0.5) is 5.69 Å². The third-order valence-electron chi connectivity index (χ3n) is 2.59. The maximum absolute atomic E-state index is 9.87. The van der Waals surface area contributed by atoms with Crippen LogP contribution >= 0.6 is 0 Å². The molecule has 0 saturated heterocycles. The highest BCUT2D eigenvalue weighted by Crippen LogP contribution is 2.34. The van der Waals surface area contributed by atoms with Crippen molar-refractivity contribution in [2.24, 2.45) is 0 Å². The molecule has 1 aromatic heterocycles. The molecule has 1 aliphatic rings. The second-order valence-corrected chi connectivity index (χ2v) is 3.62. The normalized spacial score (nSPS) is 20.8. The molecule has 0 fully saturated rings. The van der Waals surface area contributed by atoms with Gasteiger partial charge in [0.25, 0.3) is 0 Å². The molecule has 1 aromatic carbocycles. The van der Waals surface area contributed by atoms with Gasteiger partial charge in [-0.3, -0.25) is 0 Å². The van der Waals surface area contributed by atoms with Crippen LogP contribution in [0.25, 0.3) is 11.6 Å². The van der Waals surface area contributed by atoms with E-state index < -0.39 is 6.23 Å². The van der Waals surface area contributed by atoms with E-state index in [1.165, 1.54) is 6.26 Å². The molecule has 1 atom stereocenters. The molecule has 0 aliphatic carbocycles. The fraction of sp³-hybridized carbons (Fsp3) is 0.0833. The predicted octanol–water partition coefficient (Wildman–Crippen LogP) is 1.96. The highest BCUT2D eigenvalue weighted by Gasteiger charge is 2.23. The Bertz CT molecular complexity index is 532. The van der Waals surface area contributed by atoms with Crippen molar-refractivity contribution < 1.29 is 9.63 Å². The van der Waals surface area contributed by atoms with E-state index in [0.29, 0.717) is 5.69 Å². The number of para-hydroxylation sites is 1. The minimum Gasteiger partial charge on any atom is -0.369 e. The summed E-state index contributed by atoms with van der Waals surface area (Å²) in [6.45, 7) is 0. The van der Waals surface area contributed by atoms with Crippen molar-refractivity contribution in [2.45, 2.75) is 6.23 Å². The summed E-state index contributed by atoms with van der Waals surface area (Å²) in [4.78, 5) is 0. The molecule has 16 heavy (non-hydrogen) atoms. The second kappa shape index (κ2) is 3.50. The molecule has 0 saturated carbocycles. The summed E-state index contributed by atoms with van der Waals surface area (Å²) >= 11 is 0. The van der Waals surface area contributed by atoms with Gasteiger partial charge in [-0.25, -0.2) is 0 Å². The lowest BCUT2D eigenvalue weighted by Gasteiger charge is -2.03. The zero-order valence-electron chi connectivity index (χ0n) is 8.42. The van der Waals surface area contributed by atoms with Gasteiger partial charge in [0.2, 0.25) is 0 Å². The number of hydrogen-bond acceptors (Lipinski definition) is 4. The van der Waals surface area contributed by atoms with E-state index in [1.807, 2.05) is 30.3 Å². The lowest BCUT2D eigenvalue weighted by atomic mass is 10.1. The lowest BCUT2D eigenvalue weighted by molar-refractivity contribution is 0.266. The molecular weight excluding hydrogens is 204 g/mol. The highest BCUT2D eigenvalue weighted by molar-refractivity contribution is 5.93. The van der Waals surface area contributed by atoms with E-state index in [9.17, 15) is 5.11 Å². The summed E-state index contributed by atoms with van der Waals surface area (Å²) in [5.41, 5.74) is 3.44. The maximum atomic E-state index is 9.87. The molecule has 4 heteroatoms. The first-order valence-electron chi connectivity index (χ1n) is 5.00. The zero-order valence-corrected chi connectivity index (χ0v) is 8.42. The van der Waals surface area contributed by atoms with Gasteiger partial charge in [0.15, 0.2) is 6.23 Å². The maximum Gasteiger partial charge on any atom is 0.151 e. The van der Waals surface area contributed by atoms with Crippen molar-refractivity contribution >= 4 is 17.3 Å². The topological polar surface area (TPSA) is 58.3 Å². The number of aliphatic hydroxyl groups excluding tert-OH is 1. The molecule has 2 heterocycles. The number of hydrogen-bond donors (Lipinski definition) is 2. The standard InChI is InChI=1S/C12H10N2O2/c15-12-10(7-8-5-6-16-14-8)9-3-1-2-4-11(9)13-12/h1-7,12-13,15H/b10-7-. The molecule has 0 spiro atoms. The average molecular weight is 214 g/mol. The zero-order chi connectivity index (χ0) is 11.0. The summed E-state index contributed by atoms with van der Waals surface area (Å²) in [6.07, 6.45) is 2.63. The minimum atomic E-state index is -0.686. The van der Waals surface area contributed by atoms with E-state index in [2.05, 4.69) is 10.5 Å². The Labute approximate surface area is 92.2 Å². The number of nitrogens with zero attached hydrogens (tertiary/aromatic N) is 1. The molecule has 3 rings (SSSR count). The first-order chi connectivity index (χ1) is 7.84. The molecule has 4 nitrogen and oxygen atoms in total. The van der Waals surface area contributed by atoms with Crippen LogP contribution < -0.4 is 5.32 Å². The number of benzene rings is 1. The van der Waals surface area contributed by atoms with Crippen molar-refractivity contribution in [1.82, 2.24) is 5.16 Å². The van der Waals surface area contributed by atoms with Crippen LogP contribution in [0.3, 0.4) is 0 Å². The van der Waals surface area contributed by atoms with E-state index in [1.54, 1.807) is 6.07 Å². The largest absolute Gasteiger partial charge is 0.369 e. The number of nitrogens with one attached hydrogen (secondary N) is 1. The third kappa shape index (κ3) is 1.40. The summed E-state index contributed by atoms with van der Waals surface area (Å²) in [7, 11) is 0. The van der Waals surface area contributed by atoms with Gasteiger partial charge >= 0.3 is 0 Å². The molecule has 1 aliphatic heterocycles. The van der Waals surface area contributed by atoms with Crippen LogP contribution in [0.2, 0.25) is 0 Å². The van der Waals surface area contributed by atoms with Gasteiger partial charge in [-0.1, -0.05) is 23.4 Å². The van der Waals surface area contributed by atoms with Crippen LogP contribution in [0.5, 0.6) is 0 Å². The van der Waals surface area contributed by atoms with E-state index in [0.717, 1.165) is 16.8 Å². The van der Waals surface area contributed by atoms with Crippen LogP contribution in [-0.4, -0.2) is 16.5 Å². The number of aliphatic hydroxyl groups is 1. The Kier molecular flexibility index (Phi) is 2.01. The number of aromatic nitrogens is 1. The molecule has 2 N–H and O–H groups in total. The molecule has 2 aromatic rings. The first-order valence-corrected chi connectivity index (χ1v) is 5.00. The van der Waals surface area contributed by atoms with Crippen LogP contribution in [0.1, 0.15) is 11.3 Å². The van der Waals surface area contributed by atoms with Gasteiger partial charge in [0, 0.05) is 22.9 Å². The van der Waals surface area contributed by atoms with E-state index in [4.69, 9.17) is 4.52 Å². The molecule has 0 bridgehead atoms. The highest BCUT2D eigenvalue weighted by atomic mass is 16.5. The molecule has 0 radical (unpaired) electrons. The quantitative estimate of drug-likeness (QED) is 0.761.